The first kappa shape index (κ1) is 14.2. The number of nitrogen functional groups attached to an aromatic ring is 1. The molecule has 0 aliphatic carbocycles. The van der Waals surface area contributed by atoms with Crippen molar-refractivity contribution in [1.82, 2.24) is 0 Å². The predicted molar refractivity (Wildman–Crippen MR) is 79.5 cm³/mol. The highest BCUT2D eigenvalue weighted by Gasteiger charge is 2.10. The molecule has 2 rings (SSSR count). The summed E-state index contributed by atoms with van der Waals surface area (Å²) < 4.78 is 19.2. The molecule has 0 saturated heterocycles. The fraction of sp³-hybridized carbons (Fsp3) is 0.0714. The fourth-order valence-electron chi connectivity index (χ4n) is 1.70. The third-order valence-electron chi connectivity index (χ3n) is 2.70. The molecule has 0 spiro atoms. The summed E-state index contributed by atoms with van der Waals surface area (Å²) in [5.41, 5.74) is 7.50. The van der Waals surface area contributed by atoms with Gasteiger partial charge < -0.3 is 15.8 Å². The van der Waals surface area contributed by atoms with Crippen LogP contribution in [0.3, 0.4) is 0 Å². The van der Waals surface area contributed by atoms with E-state index < -0.39 is 5.82 Å². The molecule has 2 aromatic rings. The van der Waals surface area contributed by atoms with Gasteiger partial charge in [0.15, 0.2) is 11.6 Å². The highest BCUT2D eigenvalue weighted by atomic mass is 79.9. The number of nitrogens with zero attached hydrogens (tertiary/aromatic N) is 1. The molecule has 3 N–H and O–H groups in total. The van der Waals surface area contributed by atoms with Crippen LogP contribution in [-0.4, -0.2) is 7.11 Å². The smallest absolute Gasteiger partial charge is 0.167 e. The van der Waals surface area contributed by atoms with Crippen molar-refractivity contribution in [2.24, 2.45) is 0 Å². The minimum absolute atomic E-state index is 0.0809. The SMILES string of the molecule is COc1cc(Nc2ccc(Br)cc2C#N)c(N)cc1F. The highest BCUT2D eigenvalue weighted by molar-refractivity contribution is 9.10. The molecule has 6 heteroatoms. The molecule has 0 aliphatic rings. The molecule has 0 atom stereocenters. The van der Waals surface area contributed by atoms with Crippen molar-refractivity contribution in [3.05, 3.63) is 46.2 Å². The molecule has 0 heterocycles. The van der Waals surface area contributed by atoms with Gasteiger partial charge in [-0.25, -0.2) is 4.39 Å². The maximum atomic E-state index is 13.5. The molecule has 0 bridgehead atoms. The van der Waals surface area contributed by atoms with Crippen LogP contribution in [0.15, 0.2) is 34.8 Å². The Morgan fingerprint density at radius 2 is 2.05 bits per heavy atom. The van der Waals surface area contributed by atoms with Gasteiger partial charge in [-0.2, -0.15) is 5.26 Å². The number of rotatable bonds is 3. The summed E-state index contributed by atoms with van der Waals surface area (Å²) in [5, 5.41) is 12.1. The molecule has 2 aromatic carbocycles. The van der Waals surface area contributed by atoms with Gasteiger partial charge in [0.1, 0.15) is 6.07 Å². The average Bonchev–Trinajstić information content (AvgIpc) is 2.43. The van der Waals surface area contributed by atoms with E-state index in [1.165, 1.54) is 19.2 Å². The van der Waals surface area contributed by atoms with E-state index in [-0.39, 0.29) is 11.4 Å². The predicted octanol–water partition coefficient (Wildman–Crippen LogP) is 3.79. The number of nitriles is 1. The monoisotopic (exact) mass is 335 g/mol. The summed E-state index contributed by atoms with van der Waals surface area (Å²) in [6.45, 7) is 0. The van der Waals surface area contributed by atoms with Crippen LogP contribution >= 0.6 is 15.9 Å². The van der Waals surface area contributed by atoms with Crippen molar-refractivity contribution in [1.29, 1.82) is 5.26 Å². The first-order chi connectivity index (χ1) is 9.55. The first-order valence-electron chi connectivity index (χ1n) is 5.65. The molecule has 0 unspecified atom stereocenters. The maximum absolute atomic E-state index is 13.5. The number of hydrogen-bond donors (Lipinski definition) is 2. The summed E-state index contributed by atoms with van der Waals surface area (Å²) >= 11 is 3.30. The van der Waals surface area contributed by atoms with Crippen molar-refractivity contribution in [3.8, 4) is 11.8 Å². The lowest BCUT2D eigenvalue weighted by molar-refractivity contribution is 0.387. The second-order valence-corrected chi connectivity index (χ2v) is 4.92. The van der Waals surface area contributed by atoms with E-state index in [4.69, 9.17) is 15.7 Å². The third kappa shape index (κ3) is 2.83. The van der Waals surface area contributed by atoms with Crippen LogP contribution in [-0.2, 0) is 0 Å². The van der Waals surface area contributed by atoms with E-state index >= 15 is 0 Å². The third-order valence-corrected chi connectivity index (χ3v) is 3.19. The molecule has 0 aliphatic heterocycles. The van der Waals surface area contributed by atoms with E-state index in [1.54, 1.807) is 18.2 Å². The second kappa shape index (κ2) is 5.80. The van der Waals surface area contributed by atoms with Gasteiger partial charge in [-0.1, -0.05) is 15.9 Å². The molecule has 0 amide bonds. The van der Waals surface area contributed by atoms with Gasteiger partial charge in [0.25, 0.3) is 0 Å². The van der Waals surface area contributed by atoms with E-state index in [0.717, 1.165) is 4.47 Å². The Kier molecular flexibility index (Phi) is 4.11. The quantitative estimate of drug-likeness (QED) is 0.837. The number of benzene rings is 2. The molecule has 0 aromatic heterocycles. The summed E-state index contributed by atoms with van der Waals surface area (Å²) in [6.07, 6.45) is 0. The van der Waals surface area contributed by atoms with Crippen molar-refractivity contribution in [2.45, 2.75) is 0 Å². The zero-order valence-electron chi connectivity index (χ0n) is 10.6. The zero-order chi connectivity index (χ0) is 14.7. The normalized spacial score (nSPS) is 9.90. The molecule has 0 radical (unpaired) electrons. The zero-order valence-corrected chi connectivity index (χ0v) is 12.2. The number of nitrogens with two attached hydrogens (primary N) is 1. The van der Waals surface area contributed by atoms with Gasteiger partial charge in [0.05, 0.1) is 29.7 Å². The van der Waals surface area contributed by atoms with E-state index in [2.05, 4.69) is 27.3 Å². The van der Waals surface area contributed by atoms with Gasteiger partial charge in [-0.3, -0.25) is 0 Å². The lowest BCUT2D eigenvalue weighted by Crippen LogP contribution is -2.00. The van der Waals surface area contributed by atoms with Gasteiger partial charge in [0, 0.05) is 16.6 Å². The van der Waals surface area contributed by atoms with Crippen molar-refractivity contribution in [2.75, 3.05) is 18.2 Å². The fourth-order valence-corrected chi connectivity index (χ4v) is 2.06. The van der Waals surface area contributed by atoms with Gasteiger partial charge in [0.2, 0.25) is 0 Å². The number of hydrogen-bond acceptors (Lipinski definition) is 4. The lowest BCUT2D eigenvalue weighted by Gasteiger charge is -2.13. The highest BCUT2D eigenvalue weighted by Crippen LogP contribution is 2.32. The molecule has 20 heavy (non-hydrogen) atoms. The van der Waals surface area contributed by atoms with Crippen molar-refractivity contribution in [3.63, 3.8) is 0 Å². The summed E-state index contributed by atoms with van der Waals surface area (Å²) in [5.74, 6) is -0.454. The second-order valence-electron chi connectivity index (χ2n) is 4.00. The Morgan fingerprint density at radius 1 is 1.30 bits per heavy atom. The summed E-state index contributed by atoms with van der Waals surface area (Å²) in [6, 6.07) is 9.91. The molecular formula is C14H11BrFN3O. The van der Waals surface area contributed by atoms with E-state index in [1.807, 2.05) is 0 Å². The Balaban J connectivity index is 2.43. The van der Waals surface area contributed by atoms with Crippen LogP contribution in [0.2, 0.25) is 0 Å². The van der Waals surface area contributed by atoms with Crippen LogP contribution in [0.4, 0.5) is 21.5 Å². The van der Waals surface area contributed by atoms with Gasteiger partial charge >= 0.3 is 0 Å². The van der Waals surface area contributed by atoms with Crippen LogP contribution in [0.25, 0.3) is 0 Å². The summed E-state index contributed by atoms with van der Waals surface area (Å²) in [4.78, 5) is 0. The van der Waals surface area contributed by atoms with Crippen LogP contribution in [0.5, 0.6) is 5.75 Å². The largest absolute Gasteiger partial charge is 0.494 e. The van der Waals surface area contributed by atoms with Crippen molar-refractivity contribution < 1.29 is 9.13 Å². The Hall–Kier alpha value is -2.26. The van der Waals surface area contributed by atoms with Crippen molar-refractivity contribution >= 4 is 33.0 Å². The Labute approximate surface area is 124 Å². The average molecular weight is 336 g/mol. The minimum Gasteiger partial charge on any atom is -0.494 e. The Morgan fingerprint density at radius 3 is 2.70 bits per heavy atom. The van der Waals surface area contributed by atoms with E-state index in [0.29, 0.717) is 16.9 Å². The number of ether oxygens (including phenoxy) is 1. The lowest BCUT2D eigenvalue weighted by atomic mass is 10.1. The Bertz CT molecular complexity index is 698. The minimum atomic E-state index is -0.535. The standard InChI is InChI=1S/C14H11BrFN3O/c1-20-14-6-13(11(18)5-10(14)16)19-12-3-2-9(15)4-8(12)7-17/h2-6,19H,18H2,1H3. The molecule has 102 valence electrons. The van der Waals surface area contributed by atoms with E-state index in [9.17, 15) is 4.39 Å². The number of methoxy groups -OCH3 is 1. The van der Waals surface area contributed by atoms with Gasteiger partial charge in [-0.05, 0) is 18.2 Å². The van der Waals surface area contributed by atoms with Crippen LogP contribution in [0, 0.1) is 17.1 Å². The molecular weight excluding hydrogens is 325 g/mol. The molecule has 0 fully saturated rings. The maximum Gasteiger partial charge on any atom is 0.167 e. The van der Waals surface area contributed by atoms with Gasteiger partial charge in [-0.15, -0.1) is 0 Å². The number of anilines is 3. The molecule has 4 nitrogen and oxygen atoms in total. The first-order valence-corrected chi connectivity index (χ1v) is 6.44. The molecule has 0 saturated carbocycles. The number of nitrogens with one attached hydrogen (secondary N) is 1. The topological polar surface area (TPSA) is 71.1 Å². The number of halogens is 2. The van der Waals surface area contributed by atoms with Crippen LogP contribution < -0.4 is 15.8 Å². The van der Waals surface area contributed by atoms with Crippen LogP contribution in [0.1, 0.15) is 5.56 Å². The summed E-state index contributed by atoms with van der Waals surface area (Å²) in [7, 11) is 1.37.